The Labute approximate surface area is 105 Å². The Hall–Kier alpha value is -1.11. The van der Waals surface area contributed by atoms with Crippen molar-refractivity contribution in [1.29, 1.82) is 0 Å². The number of hydrogen-bond acceptors (Lipinski definition) is 1. The zero-order valence-corrected chi connectivity index (χ0v) is 10.9. The van der Waals surface area contributed by atoms with Gasteiger partial charge in [0.05, 0.1) is 0 Å². The molecular weight excluding hydrogens is 206 g/mol. The first-order valence-corrected chi connectivity index (χ1v) is 6.99. The fraction of sp³-hybridized carbons (Fsp3) is 0.562. The number of hydrogen-bond donors (Lipinski definition) is 0. The highest BCUT2D eigenvalue weighted by atomic mass is 14.7. The Kier molecular flexibility index (Phi) is 4.78. The average molecular weight is 229 g/mol. The molecule has 17 heavy (non-hydrogen) atoms. The van der Waals surface area contributed by atoms with Crippen LogP contribution in [0.25, 0.3) is 0 Å². The van der Waals surface area contributed by atoms with Crippen LogP contribution in [0.2, 0.25) is 0 Å². The summed E-state index contributed by atoms with van der Waals surface area (Å²) in [6.07, 6.45) is 8.06. The van der Waals surface area contributed by atoms with Gasteiger partial charge >= 0.3 is 0 Å². The van der Waals surface area contributed by atoms with E-state index in [-0.39, 0.29) is 0 Å². The summed E-state index contributed by atoms with van der Waals surface area (Å²) in [5.74, 6) is 0.842. The fourth-order valence-electron chi connectivity index (χ4n) is 2.65. The van der Waals surface area contributed by atoms with Crippen LogP contribution in [-0.4, -0.2) is 12.3 Å². The Morgan fingerprint density at radius 1 is 1.12 bits per heavy atom. The largest absolute Gasteiger partial charge is 0.289 e. The van der Waals surface area contributed by atoms with Gasteiger partial charge in [0.1, 0.15) is 0 Å². The van der Waals surface area contributed by atoms with Gasteiger partial charge in [-0.15, -0.1) is 0 Å². The molecule has 1 fully saturated rings. The van der Waals surface area contributed by atoms with E-state index in [4.69, 9.17) is 4.99 Å². The minimum Gasteiger partial charge on any atom is -0.289 e. The summed E-state index contributed by atoms with van der Waals surface area (Å²) in [4.78, 5) is 4.85. The number of benzene rings is 1. The van der Waals surface area contributed by atoms with Gasteiger partial charge in [-0.1, -0.05) is 56.5 Å². The molecule has 1 saturated carbocycles. The molecule has 1 heteroatoms. The molecule has 1 aromatic rings. The predicted octanol–water partition coefficient (Wildman–Crippen LogP) is 4.47. The van der Waals surface area contributed by atoms with Gasteiger partial charge in [-0.3, -0.25) is 4.99 Å². The summed E-state index contributed by atoms with van der Waals surface area (Å²) in [6.45, 7) is 3.24. The van der Waals surface area contributed by atoms with E-state index in [0.717, 1.165) is 18.9 Å². The molecule has 0 aromatic heterocycles. The van der Waals surface area contributed by atoms with E-state index >= 15 is 0 Å². The van der Waals surface area contributed by atoms with Crippen LogP contribution in [-0.2, 0) is 0 Å². The molecule has 1 aromatic carbocycles. The first-order chi connectivity index (χ1) is 8.40. The van der Waals surface area contributed by atoms with Crippen LogP contribution < -0.4 is 0 Å². The molecule has 92 valence electrons. The molecule has 1 aliphatic carbocycles. The van der Waals surface area contributed by atoms with E-state index in [9.17, 15) is 0 Å². The van der Waals surface area contributed by atoms with E-state index in [2.05, 4.69) is 37.3 Å². The quantitative estimate of drug-likeness (QED) is 0.676. The molecule has 0 N–H and O–H groups in total. The van der Waals surface area contributed by atoms with Gasteiger partial charge < -0.3 is 0 Å². The lowest BCUT2D eigenvalue weighted by Crippen LogP contribution is -2.11. The number of rotatable bonds is 4. The van der Waals surface area contributed by atoms with E-state index in [0.29, 0.717) is 0 Å². The number of nitrogens with zero attached hydrogens (tertiary/aromatic N) is 1. The monoisotopic (exact) mass is 229 g/mol. The summed E-state index contributed by atoms with van der Waals surface area (Å²) in [6, 6.07) is 10.6. The van der Waals surface area contributed by atoms with Gasteiger partial charge in [0.15, 0.2) is 0 Å². The third-order valence-corrected chi connectivity index (χ3v) is 3.71. The third kappa shape index (κ3) is 3.69. The molecule has 2 rings (SSSR count). The van der Waals surface area contributed by atoms with E-state index in [1.165, 1.54) is 43.4 Å². The first kappa shape index (κ1) is 12.3. The van der Waals surface area contributed by atoms with Crippen molar-refractivity contribution < 1.29 is 0 Å². The minimum absolute atomic E-state index is 0.842. The molecule has 0 unspecified atom stereocenters. The van der Waals surface area contributed by atoms with Crippen LogP contribution in [0.3, 0.4) is 0 Å². The van der Waals surface area contributed by atoms with Crippen molar-refractivity contribution in [3.63, 3.8) is 0 Å². The molecule has 0 aliphatic heterocycles. The summed E-state index contributed by atoms with van der Waals surface area (Å²) in [5, 5.41) is 0. The highest BCUT2D eigenvalue weighted by molar-refractivity contribution is 6.00. The Bertz CT molecular complexity index is 347. The SMILES string of the molecule is CCC(=NCC1CCCCC1)c1ccccc1. The van der Waals surface area contributed by atoms with Gasteiger partial charge in [0.25, 0.3) is 0 Å². The standard InChI is InChI=1S/C16H23N/c1-2-16(15-11-7-4-8-12-15)17-13-14-9-5-3-6-10-14/h4,7-8,11-12,14H,2-3,5-6,9-10,13H2,1H3. The molecule has 0 heterocycles. The zero-order valence-electron chi connectivity index (χ0n) is 10.9. The lowest BCUT2D eigenvalue weighted by molar-refractivity contribution is 0.367. The highest BCUT2D eigenvalue weighted by Gasteiger charge is 2.12. The maximum Gasteiger partial charge on any atom is 0.0421 e. The molecule has 1 nitrogen and oxygen atoms in total. The second-order valence-corrected chi connectivity index (χ2v) is 5.01. The summed E-state index contributed by atoms with van der Waals surface area (Å²) in [7, 11) is 0. The average Bonchev–Trinajstić information content (AvgIpc) is 2.42. The first-order valence-electron chi connectivity index (χ1n) is 6.99. The Morgan fingerprint density at radius 3 is 2.47 bits per heavy atom. The van der Waals surface area contributed by atoms with Crippen molar-refractivity contribution in [3.05, 3.63) is 35.9 Å². The second kappa shape index (κ2) is 6.58. The van der Waals surface area contributed by atoms with Crippen molar-refractivity contribution in [2.45, 2.75) is 45.4 Å². The van der Waals surface area contributed by atoms with Crippen molar-refractivity contribution in [1.82, 2.24) is 0 Å². The summed E-state index contributed by atoms with van der Waals surface area (Å²) in [5.41, 5.74) is 2.57. The van der Waals surface area contributed by atoms with Crippen LogP contribution in [0.5, 0.6) is 0 Å². The minimum atomic E-state index is 0.842. The topological polar surface area (TPSA) is 12.4 Å². The van der Waals surface area contributed by atoms with E-state index in [1.807, 2.05) is 0 Å². The second-order valence-electron chi connectivity index (χ2n) is 5.01. The predicted molar refractivity (Wildman–Crippen MR) is 74.7 cm³/mol. The molecule has 0 atom stereocenters. The van der Waals surface area contributed by atoms with E-state index < -0.39 is 0 Å². The maximum atomic E-state index is 4.85. The molecule has 0 amide bonds. The van der Waals surface area contributed by atoms with Gasteiger partial charge in [0, 0.05) is 12.3 Å². The lowest BCUT2D eigenvalue weighted by atomic mass is 9.89. The van der Waals surface area contributed by atoms with E-state index in [1.54, 1.807) is 0 Å². The normalized spacial score (nSPS) is 18.3. The maximum absolute atomic E-state index is 4.85. The van der Waals surface area contributed by atoms with Crippen LogP contribution in [0.1, 0.15) is 51.0 Å². The van der Waals surface area contributed by atoms with Gasteiger partial charge in [-0.25, -0.2) is 0 Å². The highest BCUT2D eigenvalue weighted by Crippen LogP contribution is 2.24. The Balaban J connectivity index is 1.97. The van der Waals surface area contributed by atoms with Crippen molar-refractivity contribution >= 4 is 5.71 Å². The fourth-order valence-corrected chi connectivity index (χ4v) is 2.65. The van der Waals surface area contributed by atoms with Gasteiger partial charge in [-0.2, -0.15) is 0 Å². The molecule has 0 spiro atoms. The van der Waals surface area contributed by atoms with Crippen LogP contribution in [0, 0.1) is 5.92 Å². The van der Waals surface area contributed by atoms with Gasteiger partial charge in [-0.05, 0) is 30.7 Å². The lowest BCUT2D eigenvalue weighted by Gasteiger charge is -2.20. The van der Waals surface area contributed by atoms with Crippen molar-refractivity contribution in [3.8, 4) is 0 Å². The molecule has 1 aliphatic rings. The van der Waals surface area contributed by atoms with Crippen LogP contribution >= 0.6 is 0 Å². The molecule has 0 bridgehead atoms. The zero-order chi connectivity index (χ0) is 11.9. The van der Waals surface area contributed by atoms with Gasteiger partial charge in [0.2, 0.25) is 0 Å². The third-order valence-electron chi connectivity index (χ3n) is 3.71. The van der Waals surface area contributed by atoms with Crippen molar-refractivity contribution in [2.75, 3.05) is 6.54 Å². The molecular formula is C16H23N. The van der Waals surface area contributed by atoms with Crippen LogP contribution in [0.4, 0.5) is 0 Å². The molecule has 0 radical (unpaired) electrons. The summed E-state index contributed by atoms with van der Waals surface area (Å²) < 4.78 is 0. The summed E-state index contributed by atoms with van der Waals surface area (Å²) >= 11 is 0. The van der Waals surface area contributed by atoms with Crippen molar-refractivity contribution in [2.24, 2.45) is 10.9 Å². The van der Waals surface area contributed by atoms with Crippen LogP contribution in [0.15, 0.2) is 35.3 Å². The molecule has 0 saturated heterocycles. The number of aliphatic imine (C=N–C) groups is 1. The smallest absolute Gasteiger partial charge is 0.0421 e. The Morgan fingerprint density at radius 2 is 1.82 bits per heavy atom.